The number of aliphatic imine (C=N–C) groups is 1. The Labute approximate surface area is 150 Å². The van der Waals surface area contributed by atoms with Gasteiger partial charge in [0.15, 0.2) is 5.96 Å². The van der Waals surface area contributed by atoms with Gasteiger partial charge >= 0.3 is 0 Å². The van der Waals surface area contributed by atoms with Crippen LogP contribution in [0, 0.1) is 0 Å². The Morgan fingerprint density at radius 1 is 1.33 bits per heavy atom. The number of hydrogen-bond donors (Lipinski definition) is 2. The number of hydrogen-bond acceptors (Lipinski definition) is 2. The highest BCUT2D eigenvalue weighted by molar-refractivity contribution is 14.0. The van der Waals surface area contributed by atoms with E-state index in [1.54, 1.807) is 7.05 Å². The second kappa shape index (κ2) is 11.1. The van der Waals surface area contributed by atoms with Gasteiger partial charge in [-0.3, -0.25) is 4.99 Å². The van der Waals surface area contributed by atoms with Gasteiger partial charge < -0.3 is 15.5 Å². The second-order valence-electron chi connectivity index (χ2n) is 5.06. The van der Waals surface area contributed by atoms with Crippen LogP contribution in [0.15, 0.2) is 29.3 Å². The lowest BCUT2D eigenvalue weighted by atomic mass is 10.2. The predicted octanol–water partition coefficient (Wildman–Crippen LogP) is 2.96. The standard InChI is InChI=1S/C15H25ClN4.HI/c1-12(2)20(4)9-8-18-15(17-3)19-11-13-6-5-7-14(16)10-13;/h5-7,10,12H,8-9,11H2,1-4H3,(H2,17,18,19);1H. The summed E-state index contributed by atoms with van der Waals surface area (Å²) in [5, 5.41) is 7.34. The minimum Gasteiger partial charge on any atom is -0.355 e. The van der Waals surface area contributed by atoms with Crippen molar-refractivity contribution in [1.82, 2.24) is 15.5 Å². The van der Waals surface area contributed by atoms with Crippen LogP contribution < -0.4 is 10.6 Å². The summed E-state index contributed by atoms with van der Waals surface area (Å²) in [7, 11) is 3.90. The molecule has 0 bridgehead atoms. The Morgan fingerprint density at radius 2 is 2.05 bits per heavy atom. The van der Waals surface area contributed by atoms with Crippen molar-refractivity contribution in [3.8, 4) is 0 Å². The molecule has 120 valence electrons. The summed E-state index contributed by atoms with van der Waals surface area (Å²) in [4.78, 5) is 6.50. The van der Waals surface area contributed by atoms with Gasteiger partial charge in [-0.25, -0.2) is 0 Å². The van der Waals surface area contributed by atoms with E-state index in [0.717, 1.165) is 29.6 Å². The quantitative estimate of drug-likeness (QED) is 0.419. The van der Waals surface area contributed by atoms with Crippen molar-refractivity contribution in [3.05, 3.63) is 34.9 Å². The van der Waals surface area contributed by atoms with Crippen molar-refractivity contribution >= 4 is 41.5 Å². The molecule has 0 spiro atoms. The molecule has 1 aromatic rings. The Balaban J connectivity index is 0.00000400. The molecule has 0 atom stereocenters. The average molecular weight is 425 g/mol. The molecule has 0 aliphatic carbocycles. The van der Waals surface area contributed by atoms with Crippen LogP contribution in [0.4, 0.5) is 0 Å². The van der Waals surface area contributed by atoms with Crippen molar-refractivity contribution in [2.75, 3.05) is 27.2 Å². The Kier molecular flexibility index (Phi) is 10.8. The summed E-state index contributed by atoms with van der Waals surface area (Å²) in [6.45, 7) is 6.93. The molecule has 6 heteroatoms. The molecule has 21 heavy (non-hydrogen) atoms. The third-order valence-electron chi connectivity index (χ3n) is 3.21. The molecule has 0 aliphatic rings. The van der Waals surface area contributed by atoms with Gasteiger partial charge in [0, 0.05) is 37.7 Å². The summed E-state index contributed by atoms with van der Waals surface area (Å²) in [5.41, 5.74) is 1.14. The lowest BCUT2D eigenvalue weighted by molar-refractivity contribution is 0.278. The lowest BCUT2D eigenvalue weighted by Crippen LogP contribution is -2.41. The van der Waals surface area contributed by atoms with Crippen LogP contribution in [0.25, 0.3) is 0 Å². The Bertz CT molecular complexity index is 437. The third-order valence-corrected chi connectivity index (χ3v) is 3.45. The fourth-order valence-corrected chi connectivity index (χ4v) is 1.88. The van der Waals surface area contributed by atoms with Crippen molar-refractivity contribution < 1.29 is 0 Å². The normalized spacial score (nSPS) is 11.5. The predicted molar refractivity (Wildman–Crippen MR) is 103 cm³/mol. The number of guanidine groups is 1. The molecule has 0 saturated carbocycles. The fraction of sp³-hybridized carbons (Fsp3) is 0.533. The van der Waals surface area contributed by atoms with Crippen molar-refractivity contribution in [1.29, 1.82) is 0 Å². The molecule has 0 radical (unpaired) electrons. The maximum atomic E-state index is 5.96. The average Bonchev–Trinajstić information content (AvgIpc) is 2.42. The topological polar surface area (TPSA) is 39.7 Å². The lowest BCUT2D eigenvalue weighted by Gasteiger charge is -2.21. The number of nitrogens with one attached hydrogen (secondary N) is 2. The van der Waals surface area contributed by atoms with E-state index in [9.17, 15) is 0 Å². The monoisotopic (exact) mass is 424 g/mol. The van der Waals surface area contributed by atoms with Gasteiger partial charge in [0.2, 0.25) is 0 Å². The highest BCUT2D eigenvalue weighted by atomic mass is 127. The first-order valence-electron chi connectivity index (χ1n) is 6.92. The number of benzene rings is 1. The molecular formula is C15H26ClIN4. The minimum absolute atomic E-state index is 0. The summed E-state index contributed by atoms with van der Waals surface area (Å²) in [5.74, 6) is 0.808. The van der Waals surface area contributed by atoms with E-state index in [2.05, 4.69) is 41.4 Å². The fourth-order valence-electron chi connectivity index (χ4n) is 1.66. The van der Waals surface area contributed by atoms with Crippen LogP contribution in [0.5, 0.6) is 0 Å². The Morgan fingerprint density at radius 3 is 2.62 bits per heavy atom. The molecule has 0 aliphatic heterocycles. The van der Waals surface area contributed by atoms with E-state index in [0.29, 0.717) is 12.6 Å². The van der Waals surface area contributed by atoms with Crippen molar-refractivity contribution in [2.24, 2.45) is 4.99 Å². The number of likely N-dealkylation sites (N-methyl/N-ethyl adjacent to an activating group) is 1. The molecule has 0 unspecified atom stereocenters. The molecule has 0 heterocycles. The highest BCUT2D eigenvalue weighted by Gasteiger charge is 2.03. The van der Waals surface area contributed by atoms with Gasteiger partial charge in [0.25, 0.3) is 0 Å². The van der Waals surface area contributed by atoms with Crippen LogP contribution in [-0.2, 0) is 6.54 Å². The first kappa shape index (κ1) is 20.5. The van der Waals surface area contributed by atoms with E-state index >= 15 is 0 Å². The summed E-state index contributed by atoms with van der Waals surface area (Å²) < 4.78 is 0. The van der Waals surface area contributed by atoms with Crippen LogP contribution >= 0.6 is 35.6 Å². The van der Waals surface area contributed by atoms with Gasteiger partial charge in [-0.05, 0) is 38.6 Å². The van der Waals surface area contributed by atoms with Gasteiger partial charge in [-0.1, -0.05) is 23.7 Å². The number of rotatable bonds is 6. The minimum atomic E-state index is 0. The first-order valence-corrected chi connectivity index (χ1v) is 7.30. The summed E-state index contributed by atoms with van der Waals surface area (Å²) in [6.07, 6.45) is 0. The van der Waals surface area contributed by atoms with E-state index < -0.39 is 0 Å². The SMILES string of the molecule is CN=C(NCCN(C)C(C)C)NCc1cccc(Cl)c1.I. The zero-order valence-corrected chi connectivity index (χ0v) is 16.3. The van der Waals surface area contributed by atoms with Gasteiger partial charge in [0.1, 0.15) is 0 Å². The molecule has 0 aromatic heterocycles. The Hall–Kier alpha value is -0.530. The highest BCUT2D eigenvalue weighted by Crippen LogP contribution is 2.10. The van der Waals surface area contributed by atoms with E-state index in [4.69, 9.17) is 11.6 Å². The molecule has 0 fully saturated rings. The van der Waals surface area contributed by atoms with Gasteiger partial charge in [0.05, 0.1) is 0 Å². The van der Waals surface area contributed by atoms with Crippen LogP contribution in [0.2, 0.25) is 5.02 Å². The molecule has 1 aromatic carbocycles. The molecule has 2 N–H and O–H groups in total. The van der Waals surface area contributed by atoms with Crippen LogP contribution in [0.1, 0.15) is 19.4 Å². The van der Waals surface area contributed by atoms with E-state index in [-0.39, 0.29) is 24.0 Å². The summed E-state index contributed by atoms with van der Waals surface area (Å²) in [6, 6.07) is 8.37. The number of halogens is 2. The maximum absolute atomic E-state index is 5.96. The largest absolute Gasteiger partial charge is 0.355 e. The zero-order valence-electron chi connectivity index (χ0n) is 13.2. The summed E-state index contributed by atoms with van der Waals surface area (Å²) >= 11 is 5.96. The molecular weight excluding hydrogens is 399 g/mol. The molecule has 0 saturated heterocycles. The maximum Gasteiger partial charge on any atom is 0.191 e. The first-order chi connectivity index (χ1) is 9.52. The molecule has 1 rings (SSSR count). The van der Waals surface area contributed by atoms with E-state index in [1.165, 1.54) is 0 Å². The van der Waals surface area contributed by atoms with Crippen molar-refractivity contribution in [3.63, 3.8) is 0 Å². The molecule has 0 amide bonds. The number of nitrogens with zero attached hydrogens (tertiary/aromatic N) is 2. The van der Waals surface area contributed by atoms with Crippen molar-refractivity contribution in [2.45, 2.75) is 26.4 Å². The van der Waals surface area contributed by atoms with Gasteiger partial charge in [-0.2, -0.15) is 0 Å². The van der Waals surface area contributed by atoms with Gasteiger partial charge in [-0.15, -0.1) is 24.0 Å². The smallest absolute Gasteiger partial charge is 0.191 e. The third kappa shape index (κ3) is 8.48. The van der Waals surface area contributed by atoms with Crippen LogP contribution in [-0.4, -0.2) is 44.1 Å². The second-order valence-corrected chi connectivity index (χ2v) is 5.49. The zero-order chi connectivity index (χ0) is 15.0. The molecule has 4 nitrogen and oxygen atoms in total. The van der Waals surface area contributed by atoms with E-state index in [1.807, 2.05) is 24.3 Å². The van der Waals surface area contributed by atoms with Crippen LogP contribution in [0.3, 0.4) is 0 Å².